The van der Waals surface area contributed by atoms with Crippen molar-refractivity contribution in [2.45, 2.75) is 76.5 Å². The molecule has 1 spiro atoms. The molecule has 0 radical (unpaired) electrons. The van der Waals surface area contributed by atoms with Gasteiger partial charge in [0, 0.05) is 25.4 Å². The van der Waals surface area contributed by atoms with E-state index < -0.39 is 35.6 Å². The molecular weight excluding hydrogens is 496 g/mol. The van der Waals surface area contributed by atoms with E-state index in [1.165, 1.54) is 0 Å². The molecule has 5 atom stereocenters. The van der Waals surface area contributed by atoms with Gasteiger partial charge in [-0.2, -0.15) is 0 Å². The molecule has 0 saturated carbocycles. The first kappa shape index (κ1) is 29.0. The van der Waals surface area contributed by atoms with Crippen molar-refractivity contribution in [1.29, 1.82) is 0 Å². The van der Waals surface area contributed by atoms with E-state index in [9.17, 15) is 19.5 Å². The molecule has 3 saturated heterocycles. The van der Waals surface area contributed by atoms with Gasteiger partial charge in [-0.15, -0.1) is 13.2 Å². The molecule has 1 aromatic rings. The first-order chi connectivity index (χ1) is 18.8. The fourth-order valence-corrected chi connectivity index (χ4v) is 6.60. The number of rotatable bonds is 14. The van der Waals surface area contributed by atoms with Gasteiger partial charge in [-0.1, -0.05) is 24.3 Å². The molecule has 2 bridgehead atoms. The number of amides is 2. The largest absolute Gasteiger partial charge is 0.465 e. The molecule has 3 heterocycles. The molecule has 1 N–H and O–H groups in total. The highest BCUT2D eigenvalue weighted by Gasteiger charge is 2.75. The maximum absolute atomic E-state index is 14.5. The van der Waals surface area contributed by atoms with Gasteiger partial charge in [-0.25, -0.2) is 0 Å². The maximum Gasteiger partial charge on any atom is 0.312 e. The lowest BCUT2D eigenvalue weighted by atomic mass is 9.70. The van der Waals surface area contributed by atoms with Gasteiger partial charge in [0.15, 0.2) is 0 Å². The van der Waals surface area contributed by atoms with Gasteiger partial charge in [-0.3, -0.25) is 14.4 Å². The van der Waals surface area contributed by atoms with E-state index in [0.717, 1.165) is 29.7 Å². The fourth-order valence-electron chi connectivity index (χ4n) is 6.60. The number of hydrogen-bond acceptors (Lipinski definition) is 6. The summed E-state index contributed by atoms with van der Waals surface area (Å²) in [5.74, 6) is -2.33. The van der Waals surface area contributed by atoms with Crippen molar-refractivity contribution in [2.75, 3.05) is 31.2 Å². The van der Waals surface area contributed by atoms with Gasteiger partial charge in [0.2, 0.25) is 5.91 Å². The Morgan fingerprint density at radius 3 is 2.72 bits per heavy atom. The Kier molecular flexibility index (Phi) is 9.28. The summed E-state index contributed by atoms with van der Waals surface area (Å²) in [7, 11) is 0. The van der Waals surface area contributed by atoms with Crippen LogP contribution in [0.1, 0.15) is 56.1 Å². The molecule has 2 amide bonds. The SMILES string of the molecule is C=CCCCOC(=O)[C@@H]1[C@H]2C(=O)N(CCCCCO)C(C(=O)N(CC=C)c3cc(C)ccc3C)C23CC[C@H]1O3. The monoisotopic (exact) mass is 538 g/mol. The van der Waals surface area contributed by atoms with Crippen LogP contribution in [0.5, 0.6) is 0 Å². The number of likely N-dealkylation sites (tertiary alicyclic amines) is 1. The van der Waals surface area contributed by atoms with Crippen molar-refractivity contribution in [3.05, 3.63) is 54.6 Å². The zero-order valence-corrected chi connectivity index (χ0v) is 23.3. The lowest BCUT2D eigenvalue weighted by Crippen LogP contribution is -2.56. The summed E-state index contributed by atoms with van der Waals surface area (Å²) < 4.78 is 12.1. The number of ether oxygens (including phenoxy) is 2. The van der Waals surface area contributed by atoms with E-state index in [4.69, 9.17) is 9.47 Å². The van der Waals surface area contributed by atoms with Gasteiger partial charge in [0.1, 0.15) is 11.6 Å². The molecule has 212 valence electrons. The van der Waals surface area contributed by atoms with Crippen LogP contribution in [0.15, 0.2) is 43.5 Å². The normalized spacial score (nSPS) is 26.9. The third-order valence-corrected chi connectivity index (χ3v) is 8.39. The van der Waals surface area contributed by atoms with Crippen LogP contribution in [0.25, 0.3) is 0 Å². The van der Waals surface area contributed by atoms with Crippen molar-refractivity contribution in [3.8, 4) is 0 Å². The Hall–Kier alpha value is -2.97. The quantitative estimate of drug-likeness (QED) is 0.220. The summed E-state index contributed by atoms with van der Waals surface area (Å²) in [4.78, 5) is 45.2. The van der Waals surface area contributed by atoms with Crippen molar-refractivity contribution >= 4 is 23.5 Å². The molecule has 0 aliphatic carbocycles. The van der Waals surface area contributed by atoms with Crippen molar-refractivity contribution in [1.82, 2.24) is 4.90 Å². The Labute approximate surface area is 231 Å². The molecule has 1 aromatic carbocycles. The summed E-state index contributed by atoms with van der Waals surface area (Å²) in [5, 5.41) is 9.25. The van der Waals surface area contributed by atoms with Crippen LogP contribution < -0.4 is 4.90 Å². The predicted molar refractivity (Wildman–Crippen MR) is 149 cm³/mol. The Morgan fingerprint density at radius 1 is 1.21 bits per heavy atom. The van der Waals surface area contributed by atoms with Crippen LogP contribution in [0, 0.1) is 25.7 Å². The van der Waals surface area contributed by atoms with Crippen molar-refractivity contribution < 1.29 is 29.0 Å². The standard InChI is InChI=1S/C31H42N2O6/c1-5-7-11-19-38-30(37)25-24-14-15-31(39-24)26(25)28(35)33(17-9-8-10-18-34)27(31)29(36)32(16-6-2)23-20-21(3)12-13-22(23)4/h5-6,12-13,20,24-27,34H,1-2,7-11,14-19H2,3-4H3/t24-,25+,26+,27?,31?/m1/s1. The number of carbonyl (C=O) groups excluding carboxylic acids is 3. The number of aliphatic hydroxyl groups excluding tert-OH is 1. The smallest absolute Gasteiger partial charge is 0.312 e. The lowest BCUT2D eigenvalue weighted by Gasteiger charge is -2.37. The molecule has 4 rings (SSSR count). The highest BCUT2D eigenvalue weighted by atomic mass is 16.6. The number of hydrogen-bond donors (Lipinski definition) is 1. The molecule has 3 fully saturated rings. The molecule has 0 aromatic heterocycles. The summed E-state index contributed by atoms with van der Waals surface area (Å²) >= 11 is 0. The maximum atomic E-state index is 14.5. The summed E-state index contributed by atoms with van der Waals surface area (Å²) in [6, 6.07) is 5.11. The summed E-state index contributed by atoms with van der Waals surface area (Å²) in [5.41, 5.74) is 1.67. The number of benzene rings is 1. The first-order valence-electron chi connectivity index (χ1n) is 14.2. The number of allylic oxidation sites excluding steroid dienone is 1. The highest BCUT2D eigenvalue weighted by molar-refractivity contribution is 6.05. The topological polar surface area (TPSA) is 96.4 Å². The number of carbonyl (C=O) groups is 3. The second-order valence-corrected chi connectivity index (χ2v) is 11.0. The van der Waals surface area contributed by atoms with Crippen LogP contribution in [0.3, 0.4) is 0 Å². The molecule has 8 heteroatoms. The van der Waals surface area contributed by atoms with Gasteiger partial charge in [0.05, 0.1) is 24.5 Å². The molecule has 2 unspecified atom stereocenters. The summed E-state index contributed by atoms with van der Waals surface area (Å²) in [6.45, 7) is 12.5. The average molecular weight is 539 g/mol. The zero-order chi connectivity index (χ0) is 28.2. The number of fused-ring (bicyclic) bond motifs is 1. The fraction of sp³-hybridized carbons (Fsp3) is 0.581. The predicted octanol–water partition coefficient (Wildman–Crippen LogP) is 3.87. The number of esters is 1. The van der Waals surface area contributed by atoms with Crippen LogP contribution >= 0.6 is 0 Å². The minimum atomic E-state index is -1.07. The van der Waals surface area contributed by atoms with Crippen LogP contribution in [-0.4, -0.2) is 71.8 Å². The molecule has 3 aliphatic heterocycles. The third kappa shape index (κ3) is 5.41. The van der Waals surface area contributed by atoms with E-state index in [1.54, 1.807) is 22.0 Å². The summed E-state index contributed by atoms with van der Waals surface area (Å²) in [6.07, 6.45) is 7.56. The van der Waals surface area contributed by atoms with E-state index in [1.807, 2.05) is 32.0 Å². The van der Waals surface area contributed by atoms with Gasteiger partial charge in [0.25, 0.3) is 5.91 Å². The van der Waals surface area contributed by atoms with Crippen LogP contribution in [0.2, 0.25) is 0 Å². The van der Waals surface area contributed by atoms with E-state index in [2.05, 4.69) is 13.2 Å². The highest BCUT2D eigenvalue weighted by Crippen LogP contribution is 2.59. The number of aliphatic hydroxyl groups is 1. The lowest BCUT2D eigenvalue weighted by molar-refractivity contribution is -0.155. The number of unbranched alkanes of at least 4 members (excludes halogenated alkanes) is 3. The Balaban J connectivity index is 1.69. The van der Waals surface area contributed by atoms with Gasteiger partial charge < -0.3 is 24.4 Å². The van der Waals surface area contributed by atoms with Crippen LogP contribution in [0.4, 0.5) is 5.69 Å². The molecule has 8 nitrogen and oxygen atoms in total. The second-order valence-electron chi connectivity index (χ2n) is 11.0. The van der Waals surface area contributed by atoms with Crippen LogP contribution in [-0.2, 0) is 23.9 Å². The van der Waals surface area contributed by atoms with E-state index >= 15 is 0 Å². The minimum absolute atomic E-state index is 0.0766. The van der Waals surface area contributed by atoms with E-state index in [-0.39, 0.29) is 31.6 Å². The van der Waals surface area contributed by atoms with Crippen molar-refractivity contribution in [3.63, 3.8) is 0 Å². The number of nitrogens with zero attached hydrogens (tertiary/aromatic N) is 2. The molecule has 3 aliphatic rings. The third-order valence-electron chi connectivity index (χ3n) is 8.39. The minimum Gasteiger partial charge on any atom is -0.465 e. The first-order valence-corrected chi connectivity index (χ1v) is 14.2. The average Bonchev–Trinajstić information content (AvgIpc) is 3.56. The van der Waals surface area contributed by atoms with Crippen molar-refractivity contribution in [2.24, 2.45) is 11.8 Å². The Bertz CT molecular complexity index is 1100. The number of anilines is 1. The van der Waals surface area contributed by atoms with Gasteiger partial charge >= 0.3 is 5.97 Å². The molecule has 39 heavy (non-hydrogen) atoms. The number of aryl methyl sites for hydroxylation is 2. The second kappa shape index (κ2) is 12.5. The molecular formula is C31H42N2O6. The Morgan fingerprint density at radius 2 is 2.00 bits per heavy atom. The van der Waals surface area contributed by atoms with Gasteiger partial charge in [-0.05, 0) is 76.0 Å². The van der Waals surface area contributed by atoms with E-state index in [0.29, 0.717) is 38.6 Å². The zero-order valence-electron chi connectivity index (χ0n) is 23.3.